The largest absolute Gasteiger partial charge is 0.338 e. The molecule has 6 nitrogen and oxygen atoms in total. The minimum absolute atomic E-state index is 0.00795. The number of pyridine rings is 1. The fourth-order valence-corrected chi connectivity index (χ4v) is 4.58. The smallest absolute Gasteiger partial charge is 0.264 e. The normalized spacial score (nSPS) is 17.3. The maximum atomic E-state index is 12.9. The van der Waals surface area contributed by atoms with Crippen molar-refractivity contribution >= 4 is 27.5 Å². The number of rotatable bonds is 3. The van der Waals surface area contributed by atoms with Gasteiger partial charge in [0.2, 0.25) is 0 Å². The number of carbonyl (C=O) groups is 1. The molecule has 1 amide bonds. The SMILES string of the molecule is Cc1c(C(=O)N2CCC(Cc3cccnc3)C2)sc2nc[nH]c(=O)c12. The first kappa shape index (κ1) is 16.0. The molecule has 1 N–H and O–H groups in total. The first-order chi connectivity index (χ1) is 12.1. The second-order valence-corrected chi connectivity index (χ2v) is 7.44. The third kappa shape index (κ3) is 2.95. The lowest BCUT2D eigenvalue weighted by atomic mass is 10.0. The first-order valence-electron chi connectivity index (χ1n) is 8.28. The summed E-state index contributed by atoms with van der Waals surface area (Å²) in [6.45, 7) is 3.32. The van der Waals surface area contributed by atoms with Crippen LogP contribution in [-0.2, 0) is 6.42 Å². The average molecular weight is 354 g/mol. The van der Waals surface area contributed by atoms with Gasteiger partial charge in [0.25, 0.3) is 11.5 Å². The van der Waals surface area contributed by atoms with Crippen LogP contribution in [0.25, 0.3) is 10.2 Å². The van der Waals surface area contributed by atoms with Crippen molar-refractivity contribution in [2.75, 3.05) is 13.1 Å². The summed E-state index contributed by atoms with van der Waals surface area (Å²) >= 11 is 1.31. The van der Waals surface area contributed by atoms with E-state index in [1.807, 2.05) is 24.1 Å². The van der Waals surface area contributed by atoms with Gasteiger partial charge in [-0.2, -0.15) is 0 Å². The lowest BCUT2D eigenvalue weighted by Gasteiger charge is -2.16. The molecule has 0 bridgehead atoms. The number of aromatic nitrogens is 3. The van der Waals surface area contributed by atoms with Crippen molar-refractivity contribution in [3.8, 4) is 0 Å². The van der Waals surface area contributed by atoms with Crippen LogP contribution in [0.2, 0.25) is 0 Å². The first-order valence-corrected chi connectivity index (χ1v) is 9.10. The lowest BCUT2D eigenvalue weighted by Crippen LogP contribution is -2.28. The van der Waals surface area contributed by atoms with Crippen LogP contribution in [0.15, 0.2) is 35.6 Å². The van der Waals surface area contributed by atoms with E-state index in [1.54, 1.807) is 6.20 Å². The summed E-state index contributed by atoms with van der Waals surface area (Å²) in [5.41, 5.74) is 1.75. The van der Waals surface area contributed by atoms with Crippen LogP contribution in [0.4, 0.5) is 0 Å². The lowest BCUT2D eigenvalue weighted by molar-refractivity contribution is 0.0791. The van der Waals surface area contributed by atoms with Crippen molar-refractivity contribution in [3.63, 3.8) is 0 Å². The Morgan fingerprint density at radius 1 is 1.48 bits per heavy atom. The van der Waals surface area contributed by atoms with Gasteiger partial charge in [0, 0.05) is 25.5 Å². The molecule has 0 aliphatic carbocycles. The number of aromatic amines is 1. The molecule has 0 aromatic carbocycles. The number of thiophene rings is 1. The highest BCUT2D eigenvalue weighted by atomic mass is 32.1. The number of aryl methyl sites for hydroxylation is 1. The average Bonchev–Trinajstić information content (AvgIpc) is 3.21. The van der Waals surface area contributed by atoms with Crippen molar-refractivity contribution in [1.82, 2.24) is 19.9 Å². The minimum atomic E-state index is -0.186. The zero-order valence-corrected chi connectivity index (χ0v) is 14.7. The molecule has 0 radical (unpaired) electrons. The number of likely N-dealkylation sites (tertiary alicyclic amines) is 1. The van der Waals surface area contributed by atoms with Crippen LogP contribution in [0.5, 0.6) is 0 Å². The van der Waals surface area contributed by atoms with Gasteiger partial charge in [0.15, 0.2) is 0 Å². The van der Waals surface area contributed by atoms with E-state index in [9.17, 15) is 9.59 Å². The third-order valence-electron chi connectivity index (χ3n) is 4.75. The van der Waals surface area contributed by atoms with E-state index in [4.69, 9.17) is 0 Å². The van der Waals surface area contributed by atoms with E-state index < -0.39 is 0 Å². The number of H-pyrrole nitrogens is 1. The molecule has 3 aromatic heterocycles. The van der Waals surface area contributed by atoms with Gasteiger partial charge < -0.3 is 9.88 Å². The minimum Gasteiger partial charge on any atom is -0.338 e. The predicted molar refractivity (Wildman–Crippen MR) is 96.9 cm³/mol. The maximum Gasteiger partial charge on any atom is 0.264 e. The van der Waals surface area contributed by atoms with Gasteiger partial charge in [0.05, 0.1) is 16.6 Å². The molecular formula is C18H18N4O2S. The van der Waals surface area contributed by atoms with Crippen LogP contribution in [0, 0.1) is 12.8 Å². The summed E-state index contributed by atoms with van der Waals surface area (Å²) in [5.74, 6) is 0.456. The van der Waals surface area contributed by atoms with Crippen LogP contribution in [0.1, 0.15) is 27.2 Å². The molecule has 4 heterocycles. The number of nitrogens with one attached hydrogen (secondary N) is 1. The van der Waals surface area contributed by atoms with E-state index in [0.29, 0.717) is 21.0 Å². The molecule has 25 heavy (non-hydrogen) atoms. The topological polar surface area (TPSA) is 79.0 Å². The Morgan fingerprint density at radius 2 is 2.36 bits per heavy atom. The summed E-state index contributed by atoms with van der Waals surface area (Å²) in [6, 6.07) is 4.02. The molecule has 3 aromatic rings. The van der Waals surface area contributed by atoms with Crippen LogP contribution in [0.3, 0.4) is 0 Å². The maximum absolute atomic E-state index is 12.9. The van der Waals surface area contributed by atoms with Gasteiger partial charge in [-0.3, -0.25) is 14.6 Å². The number of carbonyl (C=O) groups excluding carboxylic acids is 1. The summed E-state index contributed by atoms with van der Waals surface area (Å²) < 4.78 is 0. The van der Waals surface area contributed by atoms with Gasteiger partial charge in [-0.25, -0.2) is 4.98 Å². The van der Waals surface area contributed by atoms with Gasteiger partial charge >= 0.3 is 0 Å². The molecule has 4 rings (SSSR count). The molecule has 1 aliphatic heterocycles. The number of amides is 1. The molecule has 0 saturated carbocycles. The second-order valence-electron chi connectivity index (χ2n) is 6.44. The highest BCUT2D eigenvalue weighted by Crippen LogP contribution is 2.30. The molecule has 1 saturated heterocycles. The third-order valence-corrected chi connectivity index (χ3v) is 5.93. The Labute approximate surface area is 148 Å². The Morgan fingerprint density at radius 3 is 3.12 bits per heavy atom. The quantitative estimate of drug-likeness (QED) is 0.783. The fourth-order valence-electron chi connectivity index (χ4n) is 3.46. The predicted octanol–water partition coefficient (Wildman–Crippen LogP) is 2.39. The van der Waals surface area contributed by atoms with E-state index >= 15 is 0 Å². The molecule has 1 unspecified atom stereocenters. The van der Waals surface area contributed by atoms with Crippen molar-refractivity contribution < 1.29 is 4.79 Å². The Bertz CT molecular complexity index is 980. The Hall–Kier alpha value is -2.54. The Balaban J connectivity index is 1.53. The zero-order chi connectivity index (χ0) is 17.4. The monoisotopic (exact) mass is 354 g/mol. The van der Waals surface area contributed by atoms with Crippen LogP contribution in [-0.4, -0.2) is 38.8 Å². The number of fused-ring (bicyclic) bond motifs is 1. The van der Waals surface area contributed by atoms with Crippen LogP contribution < -0.4 is 5.56 Å². The summed E-state index contributed by atoms with van der Waals surface area (Å²) in [7, 11) is 0. The molecular weight excluding hydrogens is 336 g/mol. The Kier molecular flexibility index (Phi) is 4.09. The van der Waals surface area contributed by atoms with Crippen molar-refractivity contribution in [2.24, 2.45) is 5.92 Å². The highest BCUT2D eigenvalue weighted by molar-refractivity contribution is 7.20. The van der Waals surface area contributed by atoms with E-state index in [1.165, 1.54) is 23.2 Å². The zero-order valence-electron chi connectivity index (χ0n) is 13.9. The number of hydrogen-bond acceptors (Lipinski definition) is 5. The second kappa shape index (κ2) is 6.40. The molecule has 1 aliphatic rings. The molecule has 1 atom stereocenters. The van der Waals surface area contributed by atoms with Gasteiger partial charge in [-0.1, -0.05) is 6.07 Å². The van der Waals surface area contributed by atoms with E-state index in [2.05, 4.69) is 21.0 Å². The highest BCUT2D eigenvalue weighted by Gasteiger charge is 2.29. The van der Waals surface area contributed by atoms with Crippen molar-refractivity contribution in [3.05, 3.63) is 57.2 Å². The number of nitrogens with zero attached hydrogens (tertiary/aromatic N) is 3. The van der Waals surface area contributed by atoms with E-state index in [-0.39, 0.29) is 11.5 Å². The van der Waals surface area contributed by atoms with Crippen LogP contribution >= 0.6 is 11.3 Å². The van der Waals surface area contributed by atoms with Gasteiger partial charge in [-0.15, -0.1) is 11.3 Å². The standard InChI is InChI=1S/C18H18N4O2S/c1-11-14-16(23)20-10-21-17(14)25-15(11)18(24)22-6-4-13(9-22)7-12-3-2-5-19-8-12/h2-3,5,8,10,13H,4,6-7,9H2,1H3,(H,20,21,23). The van der Waals surface area contributed by atoms with Crippen molar-refractivity contribution in [1.29, 1.82) is 0 Å². The molecule has 128 valence electrons. The van der Waals surface area contributed by atoms with Crippen molar-refractivity contribution in [2.45, 2.75) is 19.8 Å². The summed E-state index contributed by atoms with van der Waals surface area (Å²) in [6.07, 6.45) is 6.97. The number of hydrogen-bond donors (Lipinski definition) is 1. The van der Waals surface area contributed by atoms with Gasteiger partial charge in [0.1, 0.15) is 4.83 Å². The molecule has 0 spiro atoms. The van der Waals surface area contributed by atoms with Gasteiger partial charge in [-0.05, 0) is 42.9 Å². The molecule has 1 fully saturated rings. The molecule has 7 heteroatoms. The summed E-state index contributed by atoms with van der Waals surface area (Å²) in [4.78, 5) is 39.0. The van der Waals surface area contributed by atoms with E-state index in [0.717, 1.165) is 31.5 Å². The fraction of sp³-hybridized carbons (Fsp3) is 0.333. The summed E-state index contributed by atoms with van der Waals surface area (Å²) in [5, 5.41) is 0.530.